The van der Waals surface area contributed by atoms with Crippen LogP contribution in [0.5, 0.6) is 5.75 Å². The molecule has 1 aromatic rings. The average Bonchev–Trinajstić information content (AvgIpc) is 2.15. The predicted molar refractivity (Wildman–Crippen MR) is 55.0 cm³/mol. The van der Waals surface area contributed by atoms with E-state index in [4.69, 9.17) is 10.8 Å². The Balaban J connectivity index is 2.87. The van der Waals surface area contributed by atoms with Crippen molar-refractivity contribution in [3.63, 3.8) is 0 Å². The molecule has 1 rings (SSSR count). The Labute approximate surface area is 83.6 Å². The summed E-state index contributed by atoms with van der Waals surface area (Å²) >= 11 is 0. The fourth-order valence-electron chi connectivity index (χ4n) is 1.47. The van der Waals surface area contributed by atoms with Gasteiger partial charge in [0.1, 0.15) is 5.75 Å². The third-order valence-corrected chi connectivity index (χ3v) is 2.22. The minimum absolute atomic E-state index is 0.202. The normalized spacial score (nSPS) is 12.4. The highest BCUT2D eigenvalue weighted by Gasteiger charge is 2.16. The summed E-state index contributed by atoms with van der Waals surface area (Å²) in [5.41, 5.74) is 6.16. The fourth-order valence-corrected chi connectivity index (χ4v) is 1.47. The van der Waals surface area contributed by atoms with Gasteiger partial charge >= 0.3 is 0 Å². The number of phenols is 1. The molecule has 0 fully saturated rings. The van der Waals surface area contributed by atoms with E-state index in [1.807, 2.05) is 6.92 Å². The van der Waals surface area contributed by atoms with Crippen LogP contribution in [0.1, 0.15) is 31.2 Å². The molecular formula is C11H15NO2. The van der Waals surface area contributed by atoms with E-state index in [1.54, 1.807) is 24.3 Å². The van der Waals surface area contributed by atoms with Crippen LogP contribution in [0.15, 0.2) is 24.3 Å². The summed E-state index contributed by atoms with van der Waals surface area (Å²) in [6.45, 7) is 2.01. The van der Waals surface area contributed by atoms with Gasteiger partial charge in [-0.15, -0.1) is 0 Å². The summed E-state index contributed by atoms with van der Waals surface area (Å²) in [4.78, 5) is 11.1. The SMILES string of the molecule is CCCC(C(N)=O)c1ccc(O)cc1. The van der Waals surface area contributed by atoms with Crippen molar-refractivity contribution in [2.24, 2.45) is 5.73 Å². The van der Waals surface area contributed by atoms with Crippen molar-refractivity contribution in [1.82, 2.24) is 0 Å². The van der Waals surface area contributed by atoms with Gasteiger partial charge in [0.25, 0.3) is 0 Å². The van der Waals surface area contributed by atoms with E-state index in [0.29, 0.717) is 0 Å². The number of carbonyl (C=O) groups is 1. The molecule has 0 radical (unpaired) electrons. The van der Waals surface area contributed by atoms with Crippen LogP contribution in [0.2, 0.25) is 0 Å². The molecule has 1 aromatic carbocycles. The van der Waals surface area contributed by atoms with Crippen molar-refractivity contribution in [1.29, 1.82) is 0 Å². The average molecular weight is 193 g/mol. The summed E-state index contributed by atoms with van der Waals surface area (Å²) in [6.07, 6.45) is 1.66. The molecule has 0 aliphatic heterocycles. The molecule has 0 aliphatic carbocycles. The Bertz CT molecular complexity index is 306. The molecular weight excluding hydrogens is 178 g/mol. The predicted octanol–water partition coefficient (Wildman–Crippen LogP) is 1.76. The van der Waals surface area contributed by atoms with E-state index in [1.165, 1.54) is 0 Å². The maximum Gasteiger partial charge on any atom is 0.224 e. The van der Waals surface area contributed by atoms with Crippen molar-refractivity contribution in [3.05, 3.63) is 29.8 Å². The third-order valence-electron chi connectivity index (χ3n) is 2.22. The molecule has 0 bridgehead atoms. The van der Waals surface area contributed by atoms with Crippen molar-refractivity contribution < 1.29 is 9.90 Å². The number of benzene rings is 1. The van der Waals surface area contributed by atoms with Crippen LogP contribution in [-0.4, -0.2) is 11.0 Å². The maximum absolute atomic E-state index is 11.1. The first-order chi connectivity index (χ1) is 6.65. The lowest BCUT2D eigenvalue weighted by molar-refractivity contribution is -0.119. The second-order valence-electron chi connectivity index (χ2n) is 3.34. The van der Waals surface area contributed by atoms with Crippen molar-refractivity contribution in [3.8, 4) is 5.75 Å². The van der Waals surface area contributed by atoms with Crippen LogP contribution >= 0.6 is 0 Å². The van der Waals surface area contributed by atoms with Gasteiger partial charge in [0.15, 0.2) is 0 Å². The standard InChI is InChI=1S/C11H15NO2/c1-2-3-10(11(12)14)8-4-6-9(13)7-5-8/h4-7,10,13H,2-3H2,1H3,(H2,12,14). The number of phenolic OH excluding ortho intramolecular Hbond substituents is 1. The number of aromatic hydroxyl groups is 1. The van der Waals surface area contributed by atoms with Crippen LogP contribution in [0.3, 0.4) is 0 Å². The van der Waals surface area contributed by atoms with Crippen LogP contribution in [0.25, 0.3) is 0 Å². The summed E-state index contributed by atoms with van der Waals surface area (Å²) in [5, 5.41) is 9.09. The van der Waals surface area contributed by atoms with E-state index in [9.17, 15) is 4.79 Å². The van der Waals surface area contributed by atoms with Gasteiger partial charge < -0.3 is 10.8 Å². The molecule has 0 spiro atoms. The molecule has 3 nitrogen and oxygen atoms in total. The minimum atomic E-state index is -0.308. The van der Waals surface area contributed by atoms with Gasteiger partial charge in [-0.1, -0.05) is 25.5 Å². The Morgan fingerprint density at radius 3 is 2.43 bits per heavy atom. The lowest BCUT2D eigenvalue weighted by Gasteiger charge is -2.12. The minimum Gasteiger partial charge on any atom is -0.508 e. The fraction of sp³-hybridized carbons (Fsp3) is 0.364. The molecule has 1 atom stereocenters. The smallest absolute Gasteiger partial charge is 0.224 e. The van der Waals surface area contributed by atoms with E-state index >= 15 is 0 Å². The van der Waals surface area contributed by atoms with E-state index in [0.717, 1.165) is 18.4 Å². The largest absolute Gasteiger partial charge is 0.508 e. The number of nitrogens with two attached hydrogens (primary N) is 1. The van der Waals surface area contributed by atoms with Gasteiger partial charge in [-0.25, -0.2) is 0 Å². The highest BCUT2D eigenvalue weighted by Crippen LogP contribution is 2.22. The zero-order valence-corrected chi connectivity index (χ0v) is 8.23. The maximum atomic E-state index is 11.1. The molecule has 3 heteroatoms. The van der Waals surface area contributed by atoms with Gasteiger partial charge in [-0.2, -0.15) is 0 Å². The highest BCUT2D eigenvalue weighted by molar-refractivity contribution is 5.81. The molecule has 1 unspecified atom stereocenters. The first kappa shape index (κ1) is 10.6. The lowest BCUT2D eigenvalue weighted by atomic mass is 9.94. The second-order valence-corrected chi connectivity index (χ2v) is 3.34. The Morgan fingerprint density at radius 2 is 2.00 bits per heavy atom. The number of hydrogen-bond donors (Lipinski definition) is 2. The topological polar surface area (TPSA) is 63.3 Å². The molecule has 0 heterocycles. The molecule has 3 N–H and O–H groups in total. The van der Waals surface area contributed by atoms with Crippen molar-refractivity contribution in [2.45, 2.75) is 25.7 Å². The van der Waals surface area contributed by atoms with E-state index in [-0.39, 0.29) is 17.6 Å². The molecule has 1 amide bonds. The summed E-state index contributed by atoms with van der Waals surface area (Å²) in [6, 6.07) is 6.61. The van der Waals surface area contributed by atoms with Gasteiger partial charge in [-0.3, -0.25) is 4.79 Å². The second kappa shape index (κ2) is 4.65. The number of carbonyl (C=O) groups excluding carboxylic acids is 1. The molecule has 0 saturated carbocycles. The monoisotopic (exact) mass is 193 g/mol. The third kappa shape index (κ3) is 2.49. The molecule has 0 aromatic heterocycles. The number of rotatable bonds is 4. The van der Waals surface area contributed by atoms with Gasteiger partial charge in [0.05, 0.1) is 5.92 Å². The lowest BCUT2D eigenvalue weighted by Crippen LogP contribution is -2.21. The molecule has 76 valence electrons. The summed E-state index contributed by atoms with van der Waals surface area (Å²) < 4.78 is 0. The number of hydrogen-bond acceptors (Lipinski definition) is 2. The molecule has 14 heavy (non-hydrogen) atoms. The van der Waals surface area contributed by atoms with Gasteiger partial charge in [-0.05, 0) is 24.1 Å². The zero-order chi connectivity index (χ0) is 10.6. The quantitative estimate of drug-likeness (QED) is 0.765. The number of amides is 1. The van der Waals surface area contributed by atoms with Crippen LogP contribution in [0, 0.1) is 0 Å². The van der Waals surface area contributed by atoms with Gasteiger partial charge in [0.2, 0.25) is 5.91 Å². The van der Waals surface area contributed by atoms with E-state index in [2.05, 4.69) is 0 Å². The Morgan fingerprint density at radius 1 is 1.43 bits per heavy atom. The highest BCUT2D eigenvalue weighted by atomic mass is 16.3. The first-order valence-electron chi connectivity index (χ1n) is 4.73. The first-order valence-corrected chi connectivity index (χ1v) is 4.73. The summed E-state index contributed by atoms with van der Waals surface area (Å²) in [5.74, 6) is -0.341. The van der Waals surface area contributed by atoms with Gasteiger partial charge in [0, 0.05) is 0 Å². The molecule has 0 aliphatic rings. The zero-order valence-electron chi connectivity index (χ0n) is 8.23. The Hall–Kier alpha value is -1.51. The van der Waals surface area contributed by atoms with Crippen LogP contribution in [0.4, 0.5) is 0 Å². The van der Waals surface area contributed by atoms with E-state index < -0.39 is 0 Å². The Kier molecular flexibility index (Phi) is 3.51. The summed E-state index contributed by atoms with van der Waals surface area (Å²) in [7, 11) is 0. The molecule has 0 saturated heterocycles. The number of primary amides is 1. The van der Waals surface area contributed by atoms with Crippen molar-refractivity contribution in [2.75, 3.05) is 0 Å². The van der Waals surface area contributed by atoms with Crippen molar-refractivity contribution >= 4 is 5.91 Å². The van der Waals surface area contributed by atoms with Crippen LogP contribution in [-0.2, 0) is 4.79 Å². The van der Waals surface area contributed by atoms with Crippen LogP contribution < -0.4 is 5.73 Å².